The molecule has 1 aliphatic carbocycles. The van der Waals surface area contributed by atoms with E-state index in [1.165, 1.54) is 5.56 Å². The van der Waals surface area contributed by atoms with Crippen molar-refractivity contribution in [2.75, 3.05) is 25.0 Å². The first-order valence-electron chi connectivity index (χ1n) is 11.3. The molecule has 5 nitrogen and oxygen atoms in total. The predicted molar refractivity (Wildman–Crippen MR) is 131 cm³/mol. The second-order valence-electron chi connectivity index (χ2n) is 7.99. The van der Waals surface area contributed by atoms with Gasteiger partial charge in [-0.1, -0.05) is 49.4 Å². The van der Waals surface area contributed by atoms with Gasteiger partial charge in [0.25, 0.3) is 0 Å². The molecule has 3 rings (SSSR count). The molecule has 2 unspecified atom stereocenters. The Morgan fingerprint density at radius 3 is 2.74 bits per heavy atom. The van der Waals surface area contributed by atoms with Crippen molar-refractivity contribution in [2.45, 2.75) is 33.1 Å². The number of benzene rings is 1. The van der Waals surface area contributed by atoms with Gasteiger partial charge >= 0.3 is 0 Å². The van der Waals surface area contributed by atoms with Gasteiger partial charge in [0.1, 0.15) is 0 Å². The van der Waals surface area contributed by atoms with Crippen LogP contribution in [0.15, 0.2) is 71.0 Å². The number of carbonyl (C=O) groups excluding carboxylic acids is 1. The Morgan fingerprint density at radius 1 is 1.19 bits per heavy atom. The number of anilines is 1. The number of aliphatic imine (C=N–C) groups is 1. The summed E-state index contributed by atoms with van der Waals surface area (Å²) < 4.78 is 0. The van der Waals surface area contributed by atoms with Crippen LogP contribution < -0.4 is 16.0 Å². The summed E-state index contributed by atoms with van der Waals surface area (Å²) in [5, 5.41) is 9.81. The number of allylic oxidation sites excluding steroid dienone is 4. The van der Waals surface area contributed by atoms with Gasteiger partial charge in [0.15, 0.2) is 0 Å². The fraction of sp³-hybridized carbons (Fsp3) is 0.385. The van der Waals surface area contributed by atoms with Gasteiger partial charge in [0.05, 0.1) is 5.92 Å². The Labute approximate surface area is 186 Å². The van der Waals surface area contributed by atoms with Crippen molar-refractivity contribution in [3.05, 3.63) is 71.6 Å². The average Bonchev–Trinajstić information content (AvgIpc) is 2.80. The molecule has 1 aliphatic heterocycles. The first kappa shape index (κ1) is 22.8. The number of nitrogens with zero attached hydrogens (tertiary/aromatic N) is 1. The average molecular weight is 419 g/mol. The van der Waals surface area contributed by atoms with Gasteiger partial charge in [-0.25, -0.2) is 0 Å². The van der Waals surface area contributed by atoms with Crippen molar-refractivity contribution >= 4 is 23.9 Å². The van der Waals surface area contributed by atoms with Crippen LogP contribution in [0.2, 0.25) is 0 Å². The molecular weight excluding hydrogens is 384 g/mol. The lowest BCUT2D eigenvalue weighted by Gasteiger charge is -2.21. The molecule has 164 valence electrons. The molecule has 1 amide bonds. The van der Waals surface area contributed by atoms with Crippen molar-refractivity contribution in [2.24, 2.45) is 16.8 Å². The van der Waals surface area contributed by atoms with Gasteiger partial charge in [0.2, 0.25) is 5.91 Å². The summed E-state index contributed by atoms with van der Waals surface area (Å²) in [6.45, 7) is 6.76. The lowest BCUT2D eigenvalue weighted by Crippen LogP contribution is -2.32. The van der Waals surface area contributed by atoms with Gasteiger partial charge in [-0.05, 0) is 62.5 Å². The third kappa shape index (κ3) is 7.37. The molecule has 0 saturated heterocycles. The highest BCUT2D eigenvalue weighted by Crippen LogP contribution is 2.25. The summed E-state index contributed by atoms with van der Waals surface area (Å²) >= 11 is 0. The fourth-order valence-electron chi connectivity index (χ4n) is 3.62. The van der Waals surface area contributed by atoms with Crippen LogP contribution in [0.5, 0.6) is 0 Å². The third-order valence-electron chi connectivity index (χ3n) is 5.50. The Balaban J connectivity index is 1.47. The molecule has 2 atom stereocenters. The van der Waals surface area contributed by atoms with E-state index in [4.69, 9.17) is 0 Å². The largest absolute Gasteiger partial charge is 0.356 e. The molecule has 2 aliphatic rings. The van der Waals surface area contributed by atoms with E-state index in [0.717, 1.165) is 55.9 Å². The van der Waals surface area contributed by atoms with Crippen LogP contribution >= 0.6 is 0 Å². The molecule has 3 N–H and O–H groups in total. The van der Waals surface area contributed by atoms with Crippen molar-refractivity contribution < 1.29 is 4.79 Å². The first-order chi connectivity index (χ1) is 15.2. The highest BCUT2D eigenvalue weighted by Gasteiger charge is 2.19. The monoisotopic (exact) mass is 418 g/mol. The van der Waals surface area contributed by atoms with E-state index in [2.05, 4.69) is 89.4 Å². The number of hydrogen-bond acceptors (Lipinski definition) is 4. The van der Waals surface area contributed by atoms with Gasteiger partial charge < -0.3 is 16.0 Å². The van der Waals surface area contributed by atoms with Gasteiger partial charge in [0, 0.05) is 36.3 Å². The lowest BCUT2D eigenvalue weighted by atomic mass is 9.93. The van der Waals surface area contributed by atoms with Gasteiger partial charge in [-0.3, -0.25) is 9.79 Å². The van der Waals surface area contributed by atoms with Crippen LogP contribution in [0.4, 0.5) is 5.69 Å². The fourth-order valence-corrected chi connectivity index (χ4v) is 3.62. The summed E-state index contributed by atoms with van der Waals surface area (Å²) in [6.07, 6.45) is 17.1. The summed E-state index contributed by atoms with van der Waals surface area (Å²) in [7, 11) is 0. The van der Waals surface area contributed by atoms with Crippen LogP contribution in [0.1, 0.15) is 38.7 Å². The maximum absolute atomic E-state index is 12.4. The quantitative estimate of drug-likeness (QED) is 0.483. The van der Waals surface area contributed by atoms with Gasteiger partial charge in [-0.15, -0.1) is 0 Å². The summed E-state index contributed by atoms with van der Waals surface area (Å²) in [5.74, 6) is 0.450. The van der Waals surface area contributed by atoms with E-state index in [0.29, 0.717) is 5.92 Å². The number of carbonyl (C=O) groups is 1. The van der Waals surface area contributed by atoms with Crippen molar-refractivity contribution in [1.82, 2.24) is 10.6 Å². The maximum Gasteiger partial charge on any atom is 0.227 e. The molecule has 1 aromatic carbocycles. The van der Waals surface area contributed by atoms with E-state index in [9.17, 15) is 4.79 Å². The molecule has 5 heteroatoms. The molecule has 0 aromatic heterocycles. The zero-order valence-electron chi connectivity index (χ0n) is 18.6. The zero-order valence-corrected chi connectivity index (χ0v) is 18.6. The summed E-state index contributed by atoms with van der Waals surface area (Å²) in [4.78, 5) is 16.5. The second kappa shape index (κ2) is 12.1. The molecule has 31 heavy (non-hydrogen) atoms. The topological polar surface area (TPSA) is 65.5 Å². The standard InChI is InChI=1S/C26H34N4O/c1-3-27-15-4-16-29-26(31)23-9-12-25(20(2)19-23)30-24-10-7-21(8-11-24)5-6-22-13-17-28-18-14-22/h5-8,10-13,17-19,22-23,27,30H,3-4,9,14-16H2,1-2H3,(H,29,31)/b6-5+. The van der Waals surface area contributed by atoms with Crippen LogP contribution in [0.25, 0.3) is 6.08 Å². The number of hydrogen-bond donors (Lipinski definition) is 3. The molecule has 0 radical (unpaired) electrons. The van der Waals surface area contributed by atoms with Crippen LogP contribution in [0.3, 0.4) is 0 Å². The highest BCUT2D eigenvalue weighted by molar-refractivity contribution is 5.81. The normalized spacial score (nSPS) is 20.5. The van der Waals surface area contributed by atoms with E-state index in [-0.39, 0.29) is 11.8 Å². The predicted octanol–water partition coefficient (Wildman–Crippen LogP) is 4.68. The minimum atomic E-state index is -0.0870. The van der Waals surface area contributed by atoms with E-state index >= 15 is 0 Å². The molecular formula is C26H34N4O. The number of rotatable bonds is 10. The molecule has 0 saturated carbocycles. The van der Waals surface area contributed by atoms with E-state index in [1.54, 1.807) is 0 Å². The second-order valence-corrected chi connectivity index (χ2v) is 7.99. The molecule has 1 aromatic rings. The molecule has 0 spiro atoms. The molecule has 1 heterocycles. The Kier molecular flexibility index (Phi) is 8.85. The Morgan fingerprint density at radius 2 is 2.03 bits per heavy atom. The third-order valence-corrected chi connectivity index (χ3v) is 5.50. The summed E-state index contributed by atoms with van der Waals surface area (Å²) in [5.41, 5.74) is 4.41. The van der Waals surface area contributed by atoms with Gasteiger partial charge in [-0.2, -0.15) is 0 Å². The molecule has 0 fully saturated rings. The first-order valence-corrected chi connectivity index (χ1v) is 11.3. The van der Waals surface area contributed by atoms with Crippen molar-refractivity contribution in [3.63, 3.8) is 0 Å². The minimum absolute atomic E-state index is 0.0870. The summed E-state index contributed by atoms with van der Waals surface area (Å²) in [6, 6.07) is 8.42. The molecule has 0 bridgehead atoms. The Hall–Kier alpha value is -2.92. The van der Waals surface area contributed by atoms with Crippen LogP contribution in [-0.2, 0) is 4.79 Å². The maximum atomic E-state index is 12.4. The van der Waals surface area contributed by atoms with Crippen LogP contribution in [0, 0.1) is 11.8 Å². The van der Waals surface area contributed by atoms with Crippen molar-refractivity contribution in [3.8, 4) is 0 Å². The van der Waals surface area contributed by atoms with Crippen molar-refractivity contribution in [1.29, 1.82) is 0 Å². The minimum Gasteiger partial charge on any atom is -0.356 e. The van der Waals surface area contributed by atoms with Crippen LogP contribution in [-0.4, -0.2) is 31.8 Å². The zero-order chi connectivity index (χ0) is 21.9. The smallest absolute Gasteiger partial charge is 0.227 e. The SMILES string of the molecule is CCNCCCNC(=O)C1C=C(C)C(Nc2ccc(/C=C/C3C=CN=CC3)cc2)=CC1. The Bertz CT molecular complexity index is 877. The number of nitrogens with one attached hydrogen (secondary N) is 3. The lowest BCUT2D eigenvalue weighted by molar-refractivity contribution is -0.123. The van der Waals surface area contributed by atoms with E-state index < -0.39 is 0 Å². The van der Waals surface area contributed by atoms with E-state index in [1.807, 2.05) is 12.4 Å². The number of amides is 1. The highest BCUT2D eigenvalue weighted by atomic mass is 16.1.